The van der Waals surface area contributed by atoms with Gasteiger partial charge in [0, 0.05) is 37.4 Å². The lowest BCUT2D eigenvalue weighted by molar-refractivity contribution is -0.300. The summed E-state index contributed by atoms with van der Waals surface area (Å²) in [4.78, 5) is 62.3. The van der Waals surface area contributed by atoms with Crippen LogP contribution in [0.4, 0.5) is 4.79 Å². The number of benzene rings is 3. The van der Waals surface area contributed by atoms with Gasteiger partial charge in [-0.15, -0.1) is 0 Å². The van der Waals surface area contributed by atoms with E-state index in [0.29, 0.717) is 24.2 Å². The van der Waals surface area contributed by atoms with Crippen molar-refractivity contribution in [2.24, 2.45) is 0 Å². The summed E-state index contributed by atoms with van der Waals surface area (Å²) in [5, 5.41) is 49.7. The maximum Gasteiger partial charge on any atom is 0.407 e. The standard InChI is InChI=1S/C39H47N3O13/c1-24(43)41-33-29(42-38(51)53-23-25-11-5-3-6-12-25)21-39(37(49)50,54-20-10-4-7-15-32(45)46)55-35(33)34(47)30(44)22-40-36(48)27-18-16-26(17-19-27)28-13-8-9-14-31(28)52-2/h3,5-6,8-9,11-14,16-19,29-30,33-35,44,47H,4,7,10,15,20-23H2,1-2H3,(H,40,48)(H,41,43)(H,42,51)(H,45,46)(H,49,50)/t29-,30+,33+,34+,35+,39+/m0/s1. The molecule has 296 valence electrons. The van der Waals surface area contributed by atoms with E-state index in [0.717, 1.165) is 18.1 Å². The summed E-state index contributed by atoms with van der Waals surface area (Å²) in [6.07, 6.45) is -6.12. The van der Waals surface area contributed by atoms with Gasteiger partial charge in [0.2, 0.25) is 5.91 Å². The Morgan fingerprint density at radius 1 is 0.891 bits per heavy atom. The first kappa shape index (κ1) is 42.2. The summed E-state index contributed by atoms with van der Waals surface area (Å²) in [7, 11) is 1.55. The molecule has 7 N–H and O–H groups in total. The van der Waals surface area contributed by atoms with Crippen molar-refractivity contribution >= 4 is 29.8 Å². The van der Waals surface area contributed by atoms with Crippen molar-refractivity contribution in [1.29, 1.82) is 0 Å². The van der Waals surface area contributed by atoms with Gasteiger partial charge in [0.1, 0.15) is 24.6 Å². The normalized spacial score (nSPS) is 20.3. The van der Waals surface area contributed by atoms with Crippen molar-refractivity contribution in [1.82, 2.24) is 16.0 Å². The first-order valence-electron chi connectivity index (χ1n) is 17.7. The molecule has 0 bridgehead atoms. The first-order valence-corrected chi connectivity index (χ1v) is 17.7. The van der Waals surface area contributed by atoms with E-state index in [9.17, 15) is 39.3 Å². The van der Waals surface area contributed by atoms with Gasteiger partial charge in [-0.2, -0.15) is 0 Å². The zero-order valence-electron chi connectivity index (χ0n) is 30.5. The van der Waals surface area contributed by atoms with E-state index in [2.05, 4.69) is 16.0 Å². The van der Waals surface area contributed by atoms with E-state index in [4.69, 9.17) is 24.1 Å². The first-order chi connectivity index (χ1) is 26.3. The van der Waals surface area contributed by atoms with Crippen LogP contribution in [0.3, 0.4) is 0 Å². The van der Waals surface area contributed by atoms with Gasteiger partial charge in [0.05, 0.1) is 31.9 Å². The molecular weight excluding hydrogens is 718 g/mol. The number of aliphatic hydroxyl groups is 2. The number of para-hydroxylation sites is 1. The van der Waals surface area contributed by atoms with E-state index in [1.807, 2.05) is 24.3 Å². The molecule has 0 unspecified atom stereocenters. The molecule has 0 aromatic heterocycles. The van der Waals surface area contributed by atoms with Crippen molar-refractivity contribution in [3.63, 3.8) is 0 Å². The van der Waals surface area contributed by atoms with Crippen molar-refractivity contribution in [2.45, 2.75) is 81.8 Å². The second-order valence-electron chi connectivity index (χ2n) is 13.0. The number of ether oxygens (including phenoxy) is 4. The summed E-state index contributed by atoms with van der Waals surface area (Å²) in [5.74, 6) is -5.68. The fourth-order valence-electron chi connectivity index (χ4n) is 6.15. The van der Waals surface area contributed by atoms with Gasteiger partial charge >= 0.3 is 18.0 Å². The fourth-order valence-corrected chi connectivity index (χ4v) is 6.15. The van der Waals surface area contributed by atoms with Crippen LogP contribution in [-0.2, 0) is 35.2 Å². The number of nitrogens with one attached hydrogen (secondary N) is 3. The molecule has 1 heterocycles. The number of aliphatic hydroxyl groups excluding tert-OH is 2. The molecule has 1 aliphatic rings. The minimum atomic E-state index is -2.50. The van der Waals surface area contributed by atoms with Crippen LogP contribution in [0.2, 0.25) is 0 Å². The summed E-state index contributed by atoms with van der Waals surface area (Å²) in [6.45, 7) is 0.295. The molecule has 0 saturated carbocycles. The highest BCUT2D eigenvalue weighted by Gasteiger charge is 2.56. The summed E-state index contributed by atoms with van der Waals surface area (Å²) in [5.41, 5.74) is 2.51. The molecule has 3 aromatic carbocycles. The number of carboxylic acids is 2. The number of rotatable bonds is 19. The van der Waals surface area contributed by atoms with Gasteiger partial charge in [-0.1, -0.05) is 67.1 Å². The smallest absolute Gasteiger partial charge is 0.407 e. The summed E-state index contributed by atoms with van der Waals surface area (Å²) < 4.78 is 22.4. The average Bonchev–Trinajstić information content (AvgIpc) is 3.18. The summed E-state index contributed by atoms with van der Waals surface area (Å²) in [6, 6.07) is 20.1. The second-order valence-corrected chi connectivity index (χ2v) is 13.0. The SMILES string of the molecule is COc1ccccc1-c1ccc(C(=O)NC[C@@H](O)[C@@H](O)[C@@H]2O[C@@](OCCCCCC(=O)O)(C(=O)O)C[C@H](NC(=O)OCc3ccccc3)[C@H]2NC(C)=O)cc1. The van der Waals surface area contributed by atoms with Crippen molar-refractivity contribution in [3.05, 3.63) is 90.0 Å². The monoisotopic (exact) mass is 765 g/mol. The predicted octanol–water partition coefficient (Wildman–Crippen LogP) is 2.84. The lowest BCUT2D eigenvalue weighted by Crippen LogP contribution is -2.71. The molecule has 55 heavy (non-hydrogen) atoms. The molecule has 0 spiro atoms. The number of alkyl carbamates (subject to hydrolysis) is 1. The molecule has 0 radical (unpaired) electrons. The van der Waals surface area contributed by atoms with Gasteiger partial charge in [0.25, 0.3) is 11.7 Å². The van der Waals surface area contributed by atoms with Crippen LogP contribution in [0.5, 0.6) is 5.75 Å². The van der Waals surface area contributed by atoms with Gasteiger partial charge < -0.3 is 55.3 Å². The molecule has 0 aliphatic carbocycles. The molecule has 6 atom stereocenters. The predicted molar refractivity (Wildman–Crippen MR) is 196 cm³/mol. The molecule has 3 aromatic rings. The third kappa shape index (κ3) is 12.0. The average molecular weight is 766 g/mol. The van der Waals surface area contributed by atoms with Gasteiger partial charge in [-0.3, -0.25) is 14.4 Å². The Balaban J connectivity index is 1.52. The number of carboxylic acid groups (broad SMARTS) is 2. The van der Waals surface area contributed by atoms with Crippen LogP contribution in [0.25, 0.3) is 11.1 Å². The van der Waals surface area contributed by atoms with E-state index >= 15 is 0 Å². The topological polar surface area (TPSA) is 239 Å². The third-order valence-electron chi connectivity index (χ3n) is 8.95. The largest absolute Gasteiger partial charge is 0.496 e. The molecule has 1 aliphatic heterocycles. The van der Waals surface area contributed by atoms with E-state index in [1.165, 1.54) is 0 Å². The Labute approximate surface area is 317 Å². The Hall–Kier alpha value is -5.55. The number of carbonyl (C=O) groups is 5. The van der Waals surface area contributed by atoms with E-state index in [-0.39, 0.29) is 31.6 Å². The number of methoxy groups -OCH3 is 1. The quantitative estimate of drug-likeness (QED) is 0.0871. The van der Waals surface area contributed by atoms with Gasteiger partial charge in [-0.25, -0.2) is 9.59 Å². The zero-order valence-corrected chi connectivity index (χ0v) is 30.5. The maximum absolute atomic E-state index is 13.1. The molecule has 1 fully saturated rings. The van der Waals surface area contributed by atoms with E-state index < -0.39 is 79.0 Å². The highest BCUT2D eigenvalue weighted by atomic mass is 16.7. The van der Waals surface area contributed by atoms with Crippen LogP contribution in [0.1, 0.15) is 54.9 Å². The molecule has 16 heteroatoms. The maximum atomic E-state index is 13.1. The molecule has 1 saturated heterocycles. The zero-order chi connectivity index (χ0) is 40.0. The van der Waals surface area contributed by atoms with Crippen LogP contribution < -0.4 is 20.7 Å². The van der Waals surface area contributed by atoms with Crippen molar-refractivity contribution in [2.75, 3.05) is 20.3 Å². The molecule has 16 nitrogen and oxygen atoms in total. The Bertz CT molecular complexity index is 1760. The number of carbonyl (C=O) groups excluding carboxylic acids is 3. The Kier molecular flexibility index (Phi) is 15.5. The fraction of sp³-hybridized carbons (Fsp3) is 0.410. The second kappa shape index (κ2) is 20.2. The molecule has 4 rings (SSSR count). The van der Waals surface area contributed by atoms with Crippen LogP contribution in [0, 0.1) is 0 Å². The minimum absolute atomic E-state index is 0.0903. The van der Waals surface area contributed by atoms with E-state index in [1.54, 1.807) is 61.7 Å². The third-order valence-corrected chi connectivity index (χ3v) is 8.95. The molecule has 3 amide bonds. The lowest BCUT2D eigenvalue weighted by atomic mass is 9.86. The van der Waals surface area contributed by atoms with Crippen LogP contribution in [-0.4, -0.2) is 107 Å². The van der Waals surface area contributed by atoms with Crippen molar-refractivity contribution < 1.29 is 63.3 Å². The van der Waals surface area contributed by atoms with Crippen molar-refractivity contribution in [3.8, 4) is 16.9 Å². The Morgan fingerprint density at radius 2 is 1.58 bits per heavy atom. The van der Waals surface area contributed by atoms with Gasteiger partial charge in [0.15, 0.2) is 0 Å². The molecular formula is C39H47N3O13. The lowest BCUT2D eigenvalue weighted by Gasteiger charge is -2.48. The number of hydrogen-bond acceptors (Lipinski definition) is 11. The number of hydrogen-bond donors (Lipinski definition) is 7. The minimum Gasteiger partial charge on any atom is -0.496 e. The van der Waals surface area contributed by atoms with Crippen LogP contribution in [0.15, 0.2) is 78.9 Å². The highest BCUT2D eigenvalue weighted by Crippen LogP contribution is 2.34. The summed E-state index contributed by atoms with van der Waals surface area (Å²) >= 11 is 0. The van der Waals surface area contributed by atoms with Gasteiger partial charge in [-0.05, 0) is 42.2 Å². The number of unbranched alkanes of at least 4 members (excludes halogenated alkanes) is 2. The Morgan fingerprint density at radius 3 is 2.24 bits per heavy atom. The van der Waals surface area contributed by atoms with Crippen LogP contribution >= 0.6 is 0 Å². The number of amides is 3. The number of aliphatic carboxylic acids is 2. The highest BCUT2D eigenvalue weighted by molar-refractivity contribution is 5.94.